The van der Waals surface area contributed by atoms with Gasteiger partial charge in [0.25, 0.3) is 5.91 Å². The second-order valence-corrected chi connectivity index (χ2v) is 5.87. The molecule has 0 N–H and O–H groups in total. The summed E-state index contributed by atoms with van der Waals surface area (Å²) in [6.45, 7) is 3.87. The lowest BCUT2D eigenvalue weighted by atomic mass is 10.0. The molecule has 1 fully saturated rings. The van der Waals surface area contributed by atoms with Crippen LogP contribution in [0.25, 0.3) is 10.8 Å². The van der Waals surface area contributed by atoms with Gasteiger partial charge in [-0.15, -0.1) is 11.3 Å². The first-order chi connectivity index (χ1) is 9.24. The summed E-state index contributed by atoms with van der Waals surface area (Å²) in [6, 6.07) is 3.68. The molecule has 0 aromatic carbocycles. The molecule has 0 bridgehead atoms. The van der Waals surface area contributed by atoms with Gasteiger partial charge in [0.2, 0.25) is 0 Å². The van der Waals surface area contributed by atoms with Gasteiger partial charge in [-0.3, -0.25) is 4.79 Å². The molecule has 0 saturated carbocycles. The number of nitrogens with zero attached hydrogens (tertiary/aromatic N) is 2. The quantitative estimate of drug-likeness (QED) is 0.845. The topological polar surface area (TPSA) is 46.3 Å². The molecule has 3 rings (SSSR count). The Morgan fingerprint density at radius 1 is 1.58 bits per heavy atom. The highest BCUT2D eigenvalue weighted by atomic mass is 32.1. The maximum Gasteiger partial charge on any atom is 0.273 e. The lowest BCUT2D eigenvalue weighted by molar-refractivity contribution is 0.0678. The Morgan fingerprint density at radius 2 is 2.47 bits per heavy atom. The Morgan fingerprint density at radius 3 is 3.21 bits per heavy atom. The lowest BCUT2D eigenvalue weighted by Crippen LogP contribution is -2.39. The van der Waals surface area contributed by atoms with Crippen LogP contribution in [0.15, 0.2) is 28.2 Å². The van der Waals surface area contributed by atoms with Gasteiger partial charge in [0.15, 0.2) is 10.8 Å². The smallest absolute Gasteiger partial charge is 0.273 e. The first kappa shape index (κ1) is 12.4. The largest absolute Gasteiger partial charge is 0.462 e. The summed E-state index contributed by atoms with van der Waals surface area (Å²) in [5.41, 5.74) is 0.533. The van der Waals surface area contributed by atoms with E-state index in [0.717, 1.165) is 30.3 Å². The standard InChI is InChI=1S/C14H16N2O2S/c1-10-4-2-6-16(8-10)14(17)11-9-19-13(15-11)12-5-3-7-18-12/h3,5,7,9-10H,2,4,6,8H2,1H3/t10-/m1/s1. The number of piperidine rings is 1. The second-order valence-electron chi connectivity index (χ2n) is 5.01. The van der Waals surface area contributed by atoms with Crippen molar-refractivity contribution in [1.29, 1.82) is 0 Å². The Hall–Kier alpha value is -1.62. The zero-order chi connectivity index (χ0) is 13.2. The van der Waals surface area contributed by atoms with Crippen LogP contribution in [-0.4, -0.2) is 28.9 Å². The fourth-order valence-electron chi connectivity index (χ4n) is 2.42. The second kappa shape index (κ2) is 5.17. The van der Waals surface area contributed by atoms with E-state index < -0.39 is 0 Å². The number of thiazole rings is 1. The monoisotopic (exact) mass is 276 g/mol. The van der Waals surface area contributed by atoms with Crippen molar-refractivity contribution in [3.63, 3.8) is 0 Å². The van der Waals surface area contributed by atoms with Gasteiger partial charge in [-0.25, -0.2) is 4.98 Å². The Kier molecular flexibility index (Phi) is 3.38. The van der Waals surface area contributed by atoms with E-state index >= 15 is 0 Å². The first-order valence-electron chi connectivity index (χ1n) is 6.52. The fraction of sp³-hybridized carbons (Fsp3) is 0.429. The number of rotatable bonds is 2. The molecule has 2 aromatic rings. The molecule has 1 atom stereocenters. The highest BCUT2D eigenvalue weighted by Gasteiger charge is 2.24. The van der Waals surface area contributed by atoms with Gasteiger partial charge in [0.05, 0.1) is 6.26 Å². The van der Waals surface area contributed by atoms with Crippen LogP contribution < -0.4 is 0 Å². The van der Waals surface area contributed by atoms with Crippen LogP contribution >= 0.6 is 11.3 Å². The van der Waals surface area contributed by atoms with Crippen molar-refractivity contribution in [2.75, 3.05) is 13.1 Å². The third kappa shape index (κ3) is 2.56. The fourth-order valence-corrected chi connectivity index (χ4v) is 3.18. The molecule has 4 nitrogen and oxygen atoms in total. The molecule has 0 radical (unpaired) electrons. The summed E-state index contributed by atoms with van der Waals surface area (Å²) in [7, 11) is 0. The Bertz CT molecular complexity index is 562. The van der Waals surface area contributed by atoms with Crippen molar-refractivity contribution >= 4 is 17.2 Å². The number of hydrogen-bond donors (Lipinski definition) is 0. The normalized spacial score (nSPS) is 19.6. The summed E-state index contributed by atoms with van der Waals surface area (Å²) >= 11 is 1.45. The van der Waals surface area contributed by atoms with Crippen molar-refractivity contribution in [1.82, 2.24) is 9.88 Å². The lowest BCUT2D eigenvalue weighted by Gasteiger charge is -2.30. The Labute approximate surface area is 116 Å². The molecular weight excluding hydrogens is 260 g/mol. The molecule has 100 valence electrons. The van der Waals surface area contributed by atoms with Crippen molar-refractivity contribution in [3.05, 3.63) is 29.5 Å². The molecule has 3 heterocycles. The van der Waals surface area contributed by atoms with Crippen molar-refractivity contribution < 1.29 is 9.21 Å². The van der Waals surface area contributed by atoms with Crippen LogP contribution in [0.4, 0.5) is 0 Å². The van der Waals surface area contributed by atoms with Gasteiger partial charge in [0, 0.05) is 18.5 Å². The van der Waals surface area contributed by atoms with Gasteiger partial charge < -0.3 is 9.32 Å². The third-order valence-electron chi connectivity index (χ3n) is 3.40. The number of amides is 1. The van der Waals surface area contributed by atoms with E-state index in [1.165, 1.54) is 17.8 Å². The molecule has 2 aromatic heterocycles. The van der Waals surface area contributed by atoms with Crippen molar-refractivity contribution in [2.24, 2.45) is 5.92 Å². The first-order valence-corrected chi connectivity index (χ1v) is 7.40. The van der Waals surface area contributed by atoms with Crippen LogP contribution in [-0.2, 0) is 0 Å². The number of hydrogen-bond acceptors (Lipinski definition) is 4. The summed E-state index contributed by atoms with van der Waals surface area (Å²) in [6.07, 6.45) is 3.91. The average Bonchev–Trinajstić information content (AvgIpc) is 3.08. The van der Waals surface area contributed by atoms with Crippen LogP contribution in [0.1, 0.15) is 30.3 Å². The van der Waals surface area contributed by atoms with Crippen LogP contribution in [0.3, 0.4) is 0 Å². The molecule has 1 amide bonds. The highest BCUT2D eigenvalue weighted by Crippen LogP contribution is 2.25. The molecular formula is C14H16N2O2S. The van der Waals surface area contributed by atoms with E-state index in [1.807, 2.05) is 22.4 Å². The molecule has 0 unspecified atom stereocenters. The number of aromatic nitrogens is 1. The number of carbonyl (C=O) groups is 1. The predicted octanol–water partition coefficient (Wildman–Crippen LogP) is 3.28. The number of carbonyl (C=O) groups excluding carboxylic acids is 1. The minimum atomic E-state index is 0.0422. The zero-order valence-corrected chi connectivity index (χ0v) is 11.7. The summed E-state index contributed by atoms with van der Waals surface area (Å²) in [4.78, 5) is 18.7. The van der Waals surface area contributed by atoms with Gasteiger partial charge in [-0.1, -0.05) is 6.92 Å². The number of likely N-dealkylation sites (tertiary alicyclic amines) is 1. The summed E-state index contributed by atoms with van der Waals surface area (Å²) in [5, 5.41) is 2.58. The predicted molar refractivity (Wildman–Crippen MR) is 74.1 cm³/mol. The molecule has 0 spiro atoms. The van der Waals surface area contributed by atoms with Crippen molar-refractivity contribution in [2.45, 2.75) is 19.8 Å². The Balaban J connectivity index is 1.77. The van der Waals surface area contributed by atoms with Gasteiger partial charge in [-0.2, -0.15) is 0 Å². The molecule has 19 heavy (non-hydrogen) atoms. The van der Waals surface area contributed by atoms with Crippen LogP contribution in [0.2, 0.25) is 0 Å². The summed E-state index contributed by atoms with van der Waals surface area (Å²) < 4.78 is 5.30. The van der Waals surface area contributed by atoms with Crippen LogP contribution in [0, 0.1) is 5.92 Å². The SMILES string of the molecule is C[C@@H]1CCCN(C(=O)c2csc(-c3ccco3)n2)C1. The highest BCUT2D eigenvalue weighted by molar-refractivity contribution is 7.13. The maximum atomic E-state index is 12.4. The number of furan rings is 1. The van der Waals surface area contributed by atoms with E-state index in [2.05, 4.69) is 11.9 Å². The molecule has 1 aliphatic rings. The van der Waals surface area contributed by atoms with Gasteiger partial charge in [-0.05, 0) is 30.9 Å². The van der Waals surface area contributed by atoms with Crippen LogP contribution in [0.5, 0.6) is 0 Å². The average molecular weight is 276 g/mol. The molecule has 0 aliphatic carbocycles. The van der Waals surface area contributed by atoms with E-state index in [4.69, 9.17) is 4.42 Å². The van der Waals surface area contributed by atoms with E-state index in [-0.39, 0.29) is 5.91 Å². The minimum absolute atomic E-state index is 0.0422. The maximum absolute atomic E-state index is 12.4. The van der Waals surface area contributed by atoms with E-state index in [9.17, 15) is 4.79 Å². The molecule has 1 saturated heterocycles. The molecule has 1 aliphatic heterocycles. The minimum Gasteiger partial charge on any atom is -0.462 e. The zero-order valence-electron chi connectivity index (χ0n) is 10.8. The van der Waals surface area contributed by atoms with E-state index in [1.54, 1.807) is 6.26 Å². The third-order valence-corrected chi connectivity index (χ3v) is 4.26. The van der Waals surface area contributed by atoms with Gasteiger partial charge in [0.1, 0.15) is 5.69 Å². The molecule has 5 heteroatoms. The van der Waals surface area contributed by atoms with Crippen molar-refractivity contribution in [3.8, 4) is 10.8 Å². The van der Waals surface area contributed by atoms with Gasteiger partial charge >= 0.3 is 0 Å². The van der Waals surface area contributed by atoms with E-state index in [0.29, 0.717) is 11.6 Å². The summed E-state index contributed by atoms with van der Waals surface area (Å²) in [5.74, 6) is 1.34.